The van der Waals surface area contributed by atoms with Crippen LogP contribution >= 0.6 is 15.9 Å². The molecule has 1 aromatic carbocycles. The number of nitrogens with one attached hydrogen (secondary N) is 1. The molecule has 0 bridgehead atoms. The van der Waals surface area contributed by atoms with Crippen LogP contribution in [0.15, 0.2) is 22.8 Å². The summed E-state index contributed by atoms with van der Waals surface area (Å²) in [7, 11) is 0. The number of carboxylic acid groups (broad SMARTS) is 1. The summed E-state index contributed by atoms with van der Waals surface area (Å²) in [4.78, 5) is 24.8. The number of aromatic amines is 1. The Hall–Kier alpha value is -1.89. The SMILES string of the molecule is CCC(C(=O)O)c1c(Br)[nH]c2cccc([N+](=O)[O-])c12. The lowest BCUT2D eigenvalue weighted by Gasteiger charge is -2.09. The van der Waals surface area contributed by atoms with E-state index >= 15 is 0 Å². The number of carboxylic acids is 1. The van der Waals surface area contributed by atoms with Gasteiger partial charge in [0, 0.05) is 11.6 Å². The molecule has 19 heavy (non-hydrogen) atoms. The van der Waals surface area contributed by atoms with Gasteiger partial charge in [-0.05, 0) is 28.4 Å². The Morgan fingerprint density at radius 3 is 2.79 bits per heavy atom. The van der Waals surface area contributed by atoms with E-state index in [0.29, 0.717) is 27.5 Å². The third-order valence-electron chi connectivity index (χ3n) is 3.04. The van der Waals surface area contributed by atoms with Crippen molar-refractivity contribution in [2.75, 3.05) is 0 Å². The number of hydrogen-bond donors (Lipinski definition) is 2. The minimum atomic E-state index is -0.998. The van der Waals surface area contributed by atoms with Gasteiger partial charge in [0.05, 0.1) is 26.3 Å². The summed E-state index contributed by atoms with van der Waals surface area (Å²) in [6.45, 7) is 1.73. The van der Waals surface area contributed by atoms with Gasteiger partial charge in [0.25, 0.3) is 5.69 Å². The number of carbonyl (C=O) groups is 1. The van der Waals surface area contributed by atoms with Crippen molar-refractivity contribution in [3.63, 3.8) is 0 Å². The molecular formula is C12H11BrN2O4. The summed E-state index contributed by atoms with van der Waals surface area (Å²) < 4.78 is 0.478. The summed E-state index contributed by atoms with van der Waals surface area (Å²) in [6.07, 6.45) is 0.354. The number of H-pyrrole nitrogens is 1. The fraction of sp³-hybridized carbons (Fsp3) is 0.250. The first-order valence-corrected chi connectivity index (χ1v) is 6.44. The fourth-order valence-corrected chi connectivity index (χ4v) is 2.89. The van der Waals surface area contributed by atoms with Crippen molar-refractivity contribution in [1.29, 1.82) is 0 Å². The molecule has 0 spiro atoms. The van der Waals surface area contributed by atoms with Gasteiger partial charge in [0.2, 0.25) is 0 Å². The Morgan fingerprint density at radius 1 is 1.58 bits per heavy atom. The molecule has 0 saturated heterocycles. The second-order valence-electron chi connectivity index (χ2n) is 4.11. The molecular weight excluding hydrogens is 316 g/mol. The molecule has 0 radical (unpaired) electrons. The zero-order valence-electron chi connectivity index (χ0n) is 10.0. The maximum absolute atomic E-state index is 11.3. The van der Waals surface area contributed by atoms with Gasteiger partial charge in [0.15, 0.2) is 0 Å². The maximum atomic E-state index is 11.3. The van der Waals surface area contributed by atoms with Gasteiger partial charge in [-0.1, -0.05) is 13.0 Å². The molecule has 1 unspecified atom stereocenters. The van der Waals surface area contributed by atoms with Crippen LogP contribution in [0.5, 0.6) is 0 Å². The first-order valence-electron chi connectivity index (χ1n) is 5.64. The highest BCUT2D eigenvalue weighted by Gasteiger charge is 2.28. The van der Waals surface area contributed by atoms with Crippen LogP contribution in [0.2, 0.25) is 0 Å². The van der Waals surface area contributed by atoms with Gasteiger partial charge in [-0.25, -0.2) is 0 Å². The van der Waals surface area contributed by atoms with E-state index in [1.165, 1.54) is 6.07 Å². The lowest BCUT2D eigenvalue weighted by atomic mass is 9.95. The van der Waals surface area contributed by atoms with E-state index in [4.69, 9.17) is 0 Å². The van der Waals surface area contributed by atoms with Crippen LogP contribution in [0, 0.1) is 10.1 Å². The van der Waals surface area contributed by atoms with Crippen LogP contribution in [0.3, 0.4) is 0 Å². The number of halogens is 1. The van der Waals surface area contributed by atoms with E-state index in [0.717, 1.165) is 0 Å². The number of hydrogen-bond acceptors (Lipinski definition) is 3. The second kappa shape index (κ2) is 5.00. The lowest BCUT2D eigenvalue weighted by Crippen LogP contribution is -2.10. The Labute approximate surface area is 116 Å². The highest BCUT2D eigenvalue weighted by atomic mass is 79.9. The number of aromatic nitrogens is 1. The normalized spacial score (nSPS) is 12.5. The van der Waals surface area contributed by atoms with Gasteiger partial charge in [-0.2, -0.15) is 0 Å². The number of nitrogens with zero attached hydrogens (tertiary/aromatic N) is 1. The topological polar surface area (TPSA) is 96.2 Å². The van der Waals surface area contributed by atoms with Gasteiger partial charge in [-0.15, -0.1) is 0 Å². The lowest BCUT2D eigenvalue weighted by molar-refractivity contribution is -0.383. The van der Waals surface area contributed by atoms with E-state index in [1.807, 2.05) is 0 Å². The molecule has 0 fully saturated rings. The van der Waals surface area contributed by atoms with Crippen LogP contribution in [0.25, 0.3) is 10.9 Å². The molecule has 2 N–H and O–H groups in total. The number of rotatable bonds is 4. The molecule has 7 heteroatoms. The van der Waals surface area contributed by atoms with E-state index in [1.54, 1.807) is 19.1 Å². The number of non-ortho nitro benzene ring substituents is 1. The van der Waals surface area contributed by atoms with Crippen molar-refractivity contribution >= 4 is 38.5 Å². The molecule has 0 aliphatic rings. The van der Waals surface area contributed by atoms with E-state index in [2.05, 4.69) is 20.9 Å². The standard InChI is InChI=1S/C12H11BrN2O4/c1-2-6(12(16)17)9-10-7(14-11(9)13)4-3-5-8(10)15(18)19/h3-6,14H,2H2,1H3,(H,16,17). The Morgan fingerprint density at radius 2 is 2.26 bits per heavy atom. The van der Waals surface area contributed by atoms with Crippen LogP contribution in [0.1, 0.15) is 24.8 Å². The first-order chi connectivity index (χ1) is 8.97. The number of fused-ring (bicyclic) bond motifs is 1. The summed E-state index contributed by atoms with van der Waals surface area (Å²) in [6, 6.07) is 4.63. The van der Waals surface area contributed by atoms with Crippen LogP contribution < -0.4 is 0 Å². The number of aliphatic carboxylic acids is 1. The van der Waals surface area contributed by atoms with Gasteiger partial charge in [-0.3, -0.25) is 14.9 Å². The number of nitro benzene ring substituents is 1. The minimum absolute atomic E-state index is 0.0887. The van der Waals surface area contributed by atoms with Crippen LogP contribution in [-0.2, 0) is 4.79 Å². The Balaban J connectivity index is 2.82. The molecule has 100 valence electrons. The van der Waals surface area contributed by atoms with Crippen molar-refractivity contribution in [2.45, 2.75) is 19.3 Å². The van der Waals surface area contributed by atoms with Crippen LogP contribution in [0.4, 0.5) is 5.69 Å². The maximum Gasteiger partial charge on any atom is 0.311 e. The highest BCUT2D eigenvalue weighted by Crippen LogP contribution is 2.39. The van der Waals surface area contributed by atoms with E-state index < -0.39 is 16.8 Å². The summed E-state index contributed by atoms with van der Waals surface area (Å²) >= 11 is 3.26. The zero-order chi connectivity index (χ0) is 14.2. The van der Waals surface area contributed by atoms with Gasteiger partial charge in [0.1, 0.15) is 0 Å². The third kappa shape index (κ3) is 2.21. The fourth-order valence-electron chi connectivity index (χ4n) is 2.20. The average molecular weight is 327 g/mol. The minimum Gasteiger partial charge on any atom is -0.481 e. The molecule has 0 aliphatic carbocycles. The Bertz CT molecular complexity index is 665. The summed E-state index contributed by atoms with van der Waals surface area (Å²) in [5, 5.41) is 20.7. The molecule has 1 heterocycles. The van der Waals surface area contributed by atoms with Crippen molar-refractivity contribution < 1.29 is 14.8 Å². The summed E-state index contributed by atoms with van der Waals surface area (Å²) in [5.74, 6) is -1.79. The molecule has 2 aromatic rings. The van der Waals surface area contributed by atoms with Crippen molar-refractivity contribution in [3.05, 3.63) is 38.5 Å². The molecule has 0 saturated carbocycles. The second-order valence-corrected chi connectivity index (χ2v) is 4.90. The first kappa shape index (κ1) is 13.5. The molecule has 1 aromatic heterocycles. The molecule has 6 nitrogen and oxygen atoms in total. The summed E-state index contributed by atoms with van der Waals surface area (Å²) in [5.41, 5.74) is 0.891. The quantitative estimate of drug-likeness (QED) is 0.664. The largest absolute Gasteiger partial charge is 0.481 e. The van der Waals surface area contributed by atoms with Crippen molar-refractivity contribution in [2.24, 2.45) is 0 Å². The molecule has 0 amide bonds. The third-order valence-corrected chi connectivity index (χ3v) is 3.67. The predicted molar refractivity (Wildman–Crippen MR) is 73.3 cm³/mol. The van der Waals surface area contributed by atoms with E-state index in [-0.39, 0.29) is 5.69 Å². The van der Waals surface area contributed by atoms with Crippen molar-refractivity contribution in [3.8, 4) is 0 Å². The number of nitro groups is 1. The molecule has 2 rings (SSSR count). The van der Waals surface area contributed by atoms with Gasteiger partial charge >= 0.3 is 5.97 Å². The zero-order valence-corrected chi connectivity index (χ0v) is 11.6. The molecule has 0 aliphatic heterocycles. The average Bonchev–Trinajstić information content (AvgIpc) is 2.66. The monoisotopic (exact) mass is 326 g/mol. The Kier molecular flexibility index (Phi) is 3.57. The van der Waals surface area contributed by atoms with Gasteiger partial charge < -0.3 is 10.1 Å². The predicted octanol–water partition coefficient (Wildman–Crippen LogP) is 3.42. The number of benzene rings is 1. The highest BCUT2D eigenvalue weighted by molar-refractivity contribution is 9.10. The van der Waals surface area contributed by atoms with E-state index in [9.17, 15) is 20.0 Å². The smallest absolute Gasteiger partial charge is 0.311 e. The van der Waals surface area contributed by atoms with Crippen molar-refractivity contribution in [1.82, 2.24) is 4.98 Å². The van der Waals surface area contributed by atoms with Crippen LogP contribution in [-0.4, -0.2) is 21.0 Å². The molecule has 1 atom stereocenters.